The molecule has 2 N–H and O–H groups in total. The summed E-state index contributed by atoms with van der Waals surface area (Å²) in [4.78, 5) is 23.2. The molecule has 0 fully saturated rings. The molecular weight excluding hydrogens is 432 g/mol. The van der Waals surface area contributed by atoms with Gasteiger partial charge in [0, 0.05) is 10.9 Å². The first-order valence-electron chi connectivity index (χ1n) is 10.6. The van der Waals surface area contributed by atoms with E-state index in [0.717, 1.165) is 16.3 Å². The number of fused-ring (bicyclic) bond motifs is 1. The van der Waals surface area contributed by atoms with Crippen LogP contribution in [0.3, 0.4) is 0 Å². The van der Waals surface area contributed by atoms with Crippen molar-refractivity contribution in [3.63, 3.8) is 0 Å². The Balaban J connectivity index is 1.32. The lowest BCUT2D eigenvalue weighted by Gasteiger charge is -2.10. The molecule has 0 heterocycles. The Hall–Kier alpha value is -4.65. The van der Waals surface area contributed by atoms with Crippen LogP contribution in [0.25, 0.3) is 10.8 Å². The van der Waals surface area contributed by atoms with Gasteiger partial charge in [0.1, 0.15) is 18.1 Å². The van der Waals surface area contributed by atoms with Crippen LogP contribution >= 0.6 is 0 Å². The predicted octanol–water partition coefficient (Wildman–Crippen LogP) is 4.65. The van der Waals surface area contributed by atoms with E-state index in [-0.39, 0.29) is 24.7 Å². The number of ether oxygens (including phenoxy) is 2. The zero-order valence-corrected chi connectivity index (χ0v) is 18.2. The molecule has 34 heavy (non-hydrogen) atoms. The maximum atomic E-state index is 12.2. The molecule has 0 unspecified atom stereocenters. The number of amides is 1. The van der Waals surface area contributed by atoms with E-state index >= 15 is 0 Å². The average Bonchev–Trinajstić information content (AvgIpc) is 2.87. The topological polar surface area (TPSA) is 97.2 Å². The van der Waals surface area contributed by atoms with E-state index < -0.39 is 5.97 Å². The number of carbonyl (C=O) groups is 2. The van der Waals surface area contributed by atoms with E-state index in [1.807, 2.05) is 60.7 Å². The number of carboxylic acids is 1. The van der Waals surface area contributed by atoms with Crippen LogP contribution in [0.1, 0.15) is 21.5 Å². The molecule has 7 nitrogen and oxygen atoms in total. The van der Waals surface area contributed by atoms with Crippen LogP contribution < -0.4 is 14.9 Å². The Morgan fingerprint density at radius 2 is 1.53 bits per heavy atom. The number of hydrogen-bond acceptors (Lipinski definition) is 5. The van der Waals surface area contributed by atoms with Gasteiger partial charge in [-0.3, -0.25) is 4.79 Å². The first-order chi connectivity index (χ1) is 16.6. The molecule has 0 saturated carbocycles. The molecule has 0 aliphatic rings. The summed E-state index contributed by atoms with van der Waals surface area (Å²) in [5, 5.41) is 15.0. The van der Waals surface area contributed by atoms with E-state index in [1.54, 1.807) is 18.2 Å². The molecule has 0 radical (unpaired) electrons. The molecule has 4 rings (SSSR count). The number of benzene rings is 4. The Morgan fingerprint density at radius 1 is 0.824 bits per heavy atom. The smallest absolute Gasteiger partial charge is 0.335 e. The molecule has 0 saturated heterocycles. The van der Waals surface area contributed by atoms with Crippen LogP contribution in [0.2, 0.25) is 0 Å². The highest BCUT2D eigenvalue weighted by molar-refractivity contribution is 5.89. The molecule has 4 aromatic carbocycles. The molecule has 1 amide bonds. The minimum atomic E-state index is -0.974. The van der Waals surface area contributed by atoms with E-state index in [1.165, 1.54) is 18.3 Å². The van der Waals surface area contributed by atoms with Crippen LogP contribution in [-0.4, -0.2) is 29.8 Å². The fourth-order valence-electron chi connectivity index (χ4n) is 3.29. The van der Waals surface area contributed by atoms with Crippen LogP contribution in [0, 0.1) is 0 Å². The second kappa shape index (κ2) is 10.8. The van der Waals surface area contributed by atoms with Gasteiger partial charge < -0.3 is 14.6 Å². The summed E-state index contributed by atoms with van der Waals surface area (Å²) in [6.07, 6.45) is 1.50. The Bertz CT molecular complexity index is 1330. The normalized spacial score (nSPS) is 10.8. The highest BCUT2D eigenvalue weighted by Crippen LogP contribution is 2.25. The summed E-state index contributed by atoms with van der Waals surface area (Å²) < 4.78 is 11.5. The van der Waals surface area contributed by atoms with Crippen molar-refractivity contribution in [1.82, 2.24) is 5.43 Å². The monoisotopic (exact) mass is 454 g/mol. The molecule has 4 aromatic rings. The fourth-order valence-corrected chi connectivity index (χ4v) is 3.29. The minimum Gasteiger partial charge on any atom is -0.488 e. The lowest BCUT2D eigenvalue weighted by molar-refractivity contribution is -0.123. The van der Waals surface area contributed by atoms with Gasteiger partial charge in [-0.15, -0.1) is 0 Å². The summed E-state index contributed by atoms with van der Waals surface area (Å²) in [7, 11) is 0. The van der Waals surface area contributed by atoms with Crippen LogP contribution in [0.4, 0.5) is 0 Å². The SMILES string of the molecule is O=C(COc1cccc2ccccc12)N/N=C\c1ccccc1OCc1ccc(C(=O)O)cc1. The number of hydrazone groups is 1. The molecule has 0 aliphatic carbocycles. The van der Waals surface area contributed by atoms with Gasteiger partial charge >= 0.3 is 5.97 Å². The van der Waals surface area contributed by atoms with Crippen molar-refractivity contribution in [3.8, 4) is 11.5 Å². The maximum absolute atomic E-state index is 12.2. The fraction of sp³-hybridized carbons (Fsp3) is 0.0741. The van der Waals surface area contributed by atoms with E-state index in [0.29, 0.717) is 17.1 Å². The lowest BCUT2D eigenvalue weighted by Crippen LogP contribution is -2.24. The number of hydrogen-bond donors (Lipinski definition) is 2. The summed E-state index contributed by atoms with van der Waals surface area (Å²) in [5.41, 5.74) is 4.19. The molecule has 7 heteroatoms. The van der Waals surface area contributed by atoms with E-state index in [2.05, 4.69) is 10.5 Å². The molecular formula is C27H22N2O5. The third kappa shape index (κ3) is 5.77. The predicted molar refractivity (Wildman–Crippen MR) is 129 cm³/mol. The Kier molecular flexibility index (Phi) is 7.15. The van der Waals surface area contributed by atoms with Crippen molar-refractivity contribution >= 4 is 28.9 Å². The van der Waals surface area contributed by atoms with E-state index in [4.69, 9.17) is 14.6 Å². The zero-order chi connectivity index (χ0) is 23.8. The first kappa shape index (κ1) is 22.5. The van der Waals surface area contributed by atoms with E-state index in [9.17, 15) is 9.59 Å². The van der Waals surface area contributed by atoms with Crippen LogP contribution in [0.5, 0.6) is 11.5 Å². The number of aromatic carboxylic acids is 1. The van der Waals surface area contributed by atoms with Gasteiger partial charge in [0.25, 0.3) is 5.91 Å². The molecule has 170 valence electrons. The number of carbonyl (C=O) groups excluding carboxylic acids is 1. The summed E-state index contributed by atoms with van der Waals surface area (Å²) >= 11 is 0. The van der Waals surface area contributed by atoms with Crippen molar-refractivity contribution in [2.45, 2.75) is 6.61 Å². The van der Waals surface area contributed by atoms with Crippen LogP contribution in [0.15, 0.2) is 96.1 Å². The number of rotatable bonds is 9. The second-order valence-electron chi connectivity index (χ2n) is 7.39. The Morgan fingerprint density at radius 3 is 2.35 bits per heavy atom. The number of nitrogens with zero attached hydrogens (tertiary/aromatic N) is 1. The highest BCUT2D eigenvalue weighted by Gasteiger charge is 2.06. The van der Waals surface area contributed by atoms with Crippen molar-refractivity contribution in [2.75, 3.05) is 6.61 Å². The highest BCUT2D eigenvalue weighted by atomic mass is 16.5. The van der Waals surface area contributed by atoms with Gasteiger partial charge in [0.2, 0.25) is 0 Å². The van der Waals surface area contributed by atoms with Gasteiger partial charge in [0.15, 0.2) is 6.61 Å². The largest absolute Gasteiger partial charge is 0.488 e. The summed E-state index contributed by atoms with van der Waals surface area (Å²) in [5.74, 6) is -0.151. The third-order valence-electron chi connectivity index (χ3n) is 5.02. The quantitative estimate of drug-likeness (QED) is 0.284. The standard InChI is InChI=1S/C27H22N2O5/c30-26(18-34-25-11-5-8-20-6-1-3-9-23(20)25)29-28-16-22-7-2-4-10-24(22)33-17-19-12-14-21(15-13-19)27(31)32/h1-16H,17-18H2,(H,29,30)(H,31,32)/b28-16-. The van der Waals surface area contributed by atoms with Crippen molar-refractivity contribution in [2.24, 2.45) is 5.10 Å². The number of carboxylic acid groups (broad SMARTS) is 1. The van der Waals surface area contributed by atoms with Gasteiger partial charge in [0.05, 0.1) is 11.8 Å². The number of para-hydroxylation sites is 1. The molecule has 0 atom stereocenters. The summed E-state index contributed by atoms with van der Waals surface area (Å²) in [6.45, 7) is 0.0891. The molecule has 0 aliphatic heterocycles. The van der Waals surface area contributed by atoms with Crippen molar-refractivity contribution in [3.05, 3.63) is 108 Å². The van der Waals surface area contributed by atoms with Crippen LogP contribution in [-0.2, 0) is 11.4 Å². The first-order valence-corrected chi connectivity index (χ1v) is 10.6. The zero-order valence-electron chi connectivity index (χ0n) is 18.2. The van der Waals surface area contributed by atoms with Crippen molar-refractivity contribution in [1.29, 1.82) is 0 Å². The lowest BCUT2D eigenvalue weighted by atomic mass is 10.1. The number of nitrogens with one attached hydrogen (secondary N) is 1. The third-order valence-corrected chi connectivity index (χ3v) is 5.02. The van der Waals surface area contributed by atoms with Crippen molar-refractivity contribution < 1.29 is 24.2 Å². The minimum absolute atomic E-state index is 0.171. The Labute approximate surface area is 196 Å². The van der Waals surface area contributed by atoms with Gasteiger partial charge in [-0.25, -0.2) is 10.2 Å². The molecule has 0 bridgehead atoms. The van der Waals surface area contributed by atoms with Gasteiger partial charge in [-0.05, 0) is 41.3 Å². The molecule has 0 spiro atoms. The van der Waals surface area contributed by atoms with Gasteiger partial charge in [-0.1, -0.05) is 60.7 Å². The van der Waals surface area contributed by atoms with Gasteiger partial charge in [-0.2, -0.15) is 5.10 Å². The second-order valence-corrected chi connectivity index (χ2v) is 7.39. The molecule has 0 aromatic heterocycles. The summed E-state index contributed by atoms with van der Waals surface area (Å²) in [6, 6.07) is 27.2. The maximum Gasteiger partial charge on any atom is 0.335 e. The average molecular weight is 454 g/mol.